The molecule has 22 heavy (non-hydrogen) atoms. The number of nitrogens with one attached hydrogen (secondary N) is 2. The van der Waals surface area contributed by atoms with Gasteiger partial charge in [0.2, 0.25) is 0 Å². The lowest BCUT2D eigenvalue weighted by Crippen LogP contribution is -2.38. The maximum atomic E-state index is 12.1. The third kappa shape index (κ3) is 4.10. The second-order valence-corrected chi connectivity index (χ2v) is 5.21. The minimum Gasteiger partial charge on any atom is -0.332 e. The number of urea groups is 1. The fraction of sp³-hybridized carbons (Fsp3) is 0.222. The van der Waals surface area contributed by atoms with E-state index in [0.29, 0.717) is 5.56 Å². The maximum Gasteiger partial charge on any atom is 0.315 e. The first kappa shape index (κ1) is 15.6. The van der Waals surface area contributed by atoms with Gasteiger partial charge < -0.3 is 10.6 Å². The molecule has 4 heteroatoms. The Morgan fingerprint density at radius 1 is 0.909 bits per heavy atom. The van der Waals surface area contributed by atoms with E-state index in [2.05, 4.69) is 16.7 Å². The van der Waals surface area contributed by atoms with Crippen LogP contribution in [-0.4, -0.2) is 6.03 Å². The summed E-state index contributed by atoms with van der Waals surface area (Å²) >= 11 is 0. The summed E-state index contributed by atoms with van der Waals surface area (Å²) in [5.74, 6) is 0. The molecule has 2 aromatic carbocycles. The maximum absolute atomic E-state index is 12.1. The summed E-state index contributed by atoms with van der Waals surface area (Å²) in [6, 6.07) is 18.7. The Morgan fingerprint density at radius 3 is 1.91 bits per heavy atom. The fourth-order valence-electron chi connectivity index (χ4n) is 2.19. The van der Waals surface area contributed by atoms with Crippen LogP contribution >= 0.6 is 0 Å². The molecule has 0 aromatic heterocycles. The van der Waals surface area contributed by atoms with Crippen LogP contribution in [0.3, 0.4) is 0 Å². The highest BCUT2D eigenvalue weighted by Gasteiger charge is 2.12. The van der Waals surface area contributed by atoms with Gasteiger partial charge in [0, 0.05) is 0 Å². The average Bonchev–Trinajstić information content (AvgIpc) is 2.55. The van der Waals surface area contributed by atoms with Crippen molar-refractivity contribution in [3.8, 4) is 6.07 Å². The van der Waals surface area contributed by atoms with Crippen LogP contribution in [0.5, 0.6) is 0 Å². The quantitative estimate of drug-likeness (QED) is 0.903. The molecular weight excluding hydrogens is 274 g/mol. The molecule has 2 aromatic rings. The molecule has 0 aliphatic rings. The predicted molar refractivity (Wildman–Crippen MR) is 86.1 cm³/mol. The highest BCUT2D eigenvalue weighted by molar-refractivity contribution is 5.74. The van der Waals surface area contributed by atoms with Gasteiger partial charge in [-0.15, -0.1) is 0 Å². The van der Waals surface area contributed by atoms with Crippen LogP contribution in [0, 0.1) is 11.3 Å². The molecule has 0 spiro atoms. The number of rotatable bonds is 4. The van der Waals surface area contributed by atoms with E-state index in [1.165, 1.54) is 0 Å². The fourth-order valence-corrected chi connectivity index (χ4v) is 2.19. The van der Waals surface area contributed by atoms with Crippen molar-refractivity contribution in [2.24, 2.45) is 0 Å². The first-order valence-electron chi connectivity index (χ1n) is 7.22. The van der Waals surface area contributed by atoms with Crippen molar-refractivity contribution in [3.63, 3.8) is 0 Å². The predicted octanol–water partition coefficient (Wildman–Crippen LogP) is 3.68. The van der Waals surface area contributed by atoms with E-state index in [1.54, 1.807) is 12.1 Å². The first-order valence-corrected chi connectivity index (χ1v) is 7.22. The molecule has 112 valence electrons. The Bertz CT molecular complexity index is 659. The smallest absolute Gasteiger partial charge is 0.315 e. The van der Waals surface area contributed by atoms with Crippen molar-refractivity contribution in [1.29, 1.82) is 5.26 Å². The van der Waals surface area contributed by atoms with Crippen LogP contribution in [0.2, 0.25) is 0 Å². The first-order chi connectivity index (χ1) is 10.6. The Morgan fingerprint density at radius 2 is 1.41 bits per heavy atom. The molecule has 0 bridgehead atoms. The highest BCUT2D eigenvalue weighted by Crippen LogP contribution is 2.14. The molecule has 0 fully saturated rings. The third-order valence-electron chi connectivity index (χ3n) is 3.53. The summed E-state index contributed by atoms with van der Waals surface area (Å²) in [5, 5.41) is 14.6. The summed E-state index contributed by atoms with van der Waals surface area (Å²) in [5.41, 5.74) is 2.63. The summed E-state index contributed by atoms with van der Waals surface area (Å²) in [6.45, 7) is 3.86. The Labute approximate surface area is 130 Å². The van der Waals surface area contributed by atoms with Gasteiger partial charge in [-0.05, 0) is 37.1 Å². The van der Waals surface area contributed by atoms with Crippen LogP contribution < -0.4 is 10.6 Å². The molecule has 2 rings (SSSR count). The molecule has 2 atom stereocenters. The van der Waals surface area contributed by atoms with Gasteiger partial charge in [0.1, 0.15) is 0 Å². The molecular formula is C18H19N3O. The number of benzene rings is 2. The SMILES string of the molecule is C[C@H](NC(=O)N[C@@H](C)c1ccc(C#N)cc1)c1ccccc1. The second kappa shape index (κ2) is 7.28. The van der Waals surface area contributed by atoms with Gasteiger partial charge in [-0.2, -0.15) is 5.26 Å². The topological polar surface area (TPSA) is 64.9 Å². The van der Waals surface area contributed by atoms with E-state index in [0.717, 1.165) is 11.1 Å². The Balaban J connectivity index is 1.92. The van der Waals surface area contributed by atoms with Crippen LogP contribution in [0.15, 0.2) is 54.6 Å². The summed E-state index contributed by atoms with van der Waals surface area (Å²) in [6.07, 6.45) is 0. The van der Waals surface area contributed by atoms with Crippen molar-refractivity contribution >= 4 is 6.03 Å². The van der Waals surface area contributed by atoms with Gasteiger partial charge in [0.25, 0.3) is 0 Å². The monoisotopic (exact) mass is 293 g/mol. The van der Waals surface area contributed by atoms with Gasteiger partial charge in [0.05, 0.1) is 23.7 Å². The number of nitriles is 1. The zero-order valence-electron chi connectivity index (χ0n) is 12.7. The highest BCUT2D eigenvalue weighted by atomic mass is 16.2. The number of nitrogens with zero attached hydrogens (tertiary/aromatic N) is 1. The van der Waals surface area contributed by atoms with E-state index in [9.17, 15) is 4.79 Å². The molecule has 2 amide bonds. The molecule has 0 radical (unpaired) electrons. The Kier molecular flexibility index (Phi) is 5.16. The molecule has 0 aliphatic carbocycles. The van der Waals surface area contributed by atoms with Crippen LogP contribution in [0.4, 0.5) is 4.79 Å². The van der Waals surface area contributed by atoms with E-state index in [4.69, 9.17) is 5.26 Å². The minimum atomic E-state index is -0.215. The zero-order valence-corrected chi connectivity index (χ0v) is 12.7. The van der Waals surface area contributed by atoms with Crippen molar-refractivity contribution in [1.82, 2.24) is 10.6 Å². The van der Waals surface area contributed by atoms with Gasteiger partial charge in [-0.3, -0.25) is 0 Å². The third-order valence-corrected chi connectivity index (χ3v) is 3.53. The number of carbonyl (C=O) groups excluding carboxylic acids is 1. The summed E-state index contributed by atoms with van der Waals surface area (Å²) in [7, 11) is 0. The molecule has 2 N–H and O–H groups in total. The standard InChI is InChI=1S/C18H19N3O/c1-13(16-6-4-3-5-7-16)20-18(22)21-14(2)17-10-8-15(12-19)9-11-17/h3-11,13-14H,1-2H3,(H2,20,21,22)/t13-,14-/m0/s1. The van der Waals surface area contributed by atoms with Crippen LogP contribution in [-0.2, 0) is 0 Å². The van der Waals surface area contributed by atoms with Gasteiger partial charge in [-0.1, -0.05) is 42.5 Å². The number of hydrogen-bond donors (Lipinski definition) is 2. The average molecular weight is 293 g/mol. The lowest BCUT2D eigenvalue weighted by molar-refractivity contribution is 0.235. The lowest BCUT2D eigenvalue weighted by Gasteiger charge is -2.18. The van der Waals surface area contributed by atoms with Crippen molar-refractivity contribution < 1.29 is 4.79 Å². The molecule has 0 unspecified atom stereocenters. The lowest BCUT2D eigenvalue weighted by atomic mass is 10.1. The molecule has 0 saturated heterocycles. The van der Waals surface area contributed by atoms with E-state index in [-0.39, 0.29) is 18.1 Å². The van der Waals surface area contributed by atoms with Crippen molar-refractivity contribution in [2.45, 2.75) is 25.9 Å². The van der Waals surface area contributed by atoms with Gasteiger partial charge in [-0.25, -0.2) is 4.79 Å². The molecule has 0 aliphatic heterocycles. The molecule has 4 nitrogen and oxygen atoms in total. The number of amides is 2. The van der Waals surface area contributed by atoms with Gasteiger partial charge >= 0.3 is 6.03 Å². The number of carbonyl (C=O) groups is 1. The molecule has 0 saturated carbocycles. The zero-order chi connectivity index (χ0) is 15.9. The van der Waals surface area contributed by atoms with Crippen LogP contribution in [0.25, 0.3) is 0 Å². The van der Waals surface area contributed by atoms with Crippen molar-refractivity contribution in [2.75, 3.05) is 0 Å². The van der Waals surface area contributed by atoms with Crippen molar-refractivity contribution in [3.05, 3.63) is 71.3 Å². The molecule has 0 heterocycles. The minimum absolute atomic E-state index is 0.0608. The Hall–Kier alpha value is -2.80. The van der Waals surface area contributed by atoms with E-state index >= 15 is 0 Å². The summed E-state index contributed by atoms with van der Waals surface area (Å²) < 4.78 is 0. The van der Waals surface area contributed by atoms with E-state index in [1.807, 2.05) is 56.3 Å². The second-order valence-electron chi connectivity index (χ2n) is 5.21. The largest absolute Gasteiger partial charge is 0.332 e. The van der Waals surface area contributed by atoms with Gasteiger partial charge in [0.15, 0.2) is 0 Å². The number of hydrogen-bond acceptors (Lipinski definition) is 2. The van der Waals surface area contributed by atoms with Crippen LogP contribution in [0.1, 0.15) is 42.6 Å². The summed E-state index contributed by atoms with van der Waals surface area (Å²) in [4.78, 5) is 12.1. The normalized spacial score (nSPS) is 12.8. The van der Waals surface area contributed by atoms with E-state index < -0.39 is 0 Å².